The van der Waals surface area contributed by atoms with E-state index in [0.29, 0.717) is 11.5 Å². The van der Waals surface area contributed by atoms with Gasteiger partial charge in [-0.15, -0.1) is 0 Å². The predicted molar refractivity (Wildman–Crippen MR) is 158 cm³/mol. The van der Waals surface area contributed by atoms with Gasteiger partial charge in [0, 0.05) is 17.6 Å². The maximum atomic E-state index is 11.3. The monoisotopic (exact) mass is 548 g/mol. The van der Waals surface area contributed by atoms with Crippen molar-refractivity contribution in [3.8, 4) is 11.5 Å². The molecule has 208 valence electrons. The first-order valence-corrected chi connectivity index (χ1v) is 13.6. The van der Waals surface area contributed by atoms with Crippen molar-refractivity contribution >= 4 is 22.7 Å². The minimum atomic E-state index is -0.467. The van der Waals surface area contributed by atoms with Gasteiger partial charge in [-0.2, -0.15) is 0 Å². The highest BCUT2D eigenvalue weighted by Crippen LogP contribution is 2.50. The Labute approximate surface area is 239 Å². The third-order valence-corrected chi connectivity index (χ3v) is 7.42. The van der Waals surface area contributed by atoms with Crippen LogP contribution in [0.1, 0.15) is 28.7 Å². The molecule has 0 saturated heterocycles. The lowest BCUT2D eigenvalue weighted by Gasteiger charge is -2.33. The first kappa shape index (κ1) is 27.7. The molecule has 0 aliphatic heterocycles. The molecule has 0 unspecified atom stereocenters. The van der Waals surface area contributed by atoms with Gasteiger partial charge in [0.05, 0.1) is 0 Å². The molecular formula is C35H32O6. The van der Waals surface area contributed by atoms with Gasteiger partial charge >= 0.3 is 11.9 Å². The first-order valence-electron chi connectivity index (χ1n) is 13.6. The van der Waals surface area contributed by atoms with Crippen molar-refractivity contribution in [1.82, 2.24) is 0 Å². The van der Waals surface area contributed by atoms with Crippen LogP contribution in [0.5, 0.6) is 11.5 Å². The molecule has 0 spiro atoms. The average molecular weight is 549 g/mol. The Morgan fingerprint density at radius 3 is 1.66 bits per heavy atom. The van der Waals surface area contributed by atoms with Gasteiger partial charge < -0.3 is 18.9 Å². The molecule has 0 N–H and O–H groups in total. The van der Waals surface area contributed by atoms with E-state index in [1.807, 2.05) is 24.3 Å². The van der Waals surface area contributed by atoms with Crippen LogP contribution in [-0.4, -0.2) is 38.4 Å². The fourth-order valence-corrected chi connectivity index (χ4v) is 5.51. The van der Waals surface area contributed by atoms with Gasteiger partial charge in [-0.3, -0.25) is 0 Å². The van der Waals surface area contributed by atoms with E-state index in [2.05, 4.69) is 73.8 Å². The van der Waals surface area contributed by atoms with Crippen LogP contribution in [-0.2, 0) is 30.9 Å². The molecule has 0 aromatic heterocycles. The average Bonchev–Trinajstić information content (AvgIpc) is 3.39. The summed E-state index contributed by atoms with van der Waals surface area (Å²) in [6.07, 6.45) is 4.15. The van der Waals surface area contributed by atoms with Gasteiger partial charge in [0.2, 0.25) is 0 Å². The normalized spacial score (nSPS) is 13.2. The quantitative estimate of drug-likeness (QED) is 0.117. The number of carbonyl (C=O) groups is 2. The molecule has 4 aromatic carbocycles. The lowest BCUT2D eigenvalue weighted by molar-refractivity contribution is -0.139. The molecule has 0 radical (unpaired) electrons. The Morgan fingerprint density at radius 2 is 1.17 bits per heavy atom. The smallest absolute Gasteiger partial charge is 0.330 e. The summed E-state index contributed by atoms with van der Waals surface area (Å²) in [5.41, 5.74) is 4.63. The lowest BCUT2D eigenvalue weighted by atomic mass is 9.70. The molecule has 6 heteroatoms. The third kappa shape index (κ3) is 6.02. The SMILES string of the molecule is C=CC(=O)OCCOc1ccc(C2(c3ccc(OCCOC(=O)C=C)cc3)CCc3cc4ccccc4cc32)cc1. The highest BCUT2D eigenvalue weighted by molar-refractivity contribution is 5.85. The van der Waals surface area contributed by atoms with E-state index in [-0.39, 0.29) is 31.8 Å². The van der Waals surface area contributed by atoms with Crippen LogP contribution in [0.3, 0.4) is 0 Å². The molecule has 0 atom stereocenters. The summed E-state index contributed by atoms with van der Waals surface area (Å²) in [4.78, 5) is 22.5. The Morgan fingerprint density at radius 1 is 0.683 bits per heavy atom. The highest BCUT2D eigenvalue weighted by atomic mass is 16.6. The number of rotatable bonds is 12. The van der Waals surface area contributed by atoms with Gasteiger partial charge in [0.1, 0.15) is 37.9 Å². The van der Waals surface area contributed by atoms with Gasteiger partial charge in [-0.25, -0.2) is 9.59 Å². The van der Waals surface area contributed by atoms with Crippen LogP contribution in [0.25, 0.3) is 10.8 Å². The topological polar surface area (TPSA) is 71.1 Å². The van der Waals surface area contributed by atoms with E-state index >= 15 is 0 Å². The van der Waals surface area contributed by atoms with Crippen molar-refractivity contribution in [2.45, 2.75) is 18.3 Å². The molecule has 0 heterocycles. The summed E-state index contributed by atoms with van der Waals surface area (Å²) in [5, 5.41) is 2.45. The van der Waals surface area contributed by atoms with E-state index in [4.69, 9.17) is 18.9 Å². The zero-order valence-electron chi connectivity index (χ0n) is 22.8. The number of hydrogen-bond acceptors (Lipinski definition) is 6. The van der Waals surface area contributed by atoms with Crippen LogP contribution in [0.2, 0.25) is 0 Å². The standard InChI is InChI=1S/C35H32O6/c1-3-33(36)40-21-19-38-30-13-9-28(10-14-30)35(18-17-27-23-25-7-5-6-8-26(25)24-32(27)35)29-11-15-31(16-12-29)39-20-22-41-34(37)4-2/h3-16,23-24H,1-2,17-22H2. The third-order valence-electron chi connectivity index (χ3n) is 7.42. The maximum absolute atomic E-state index is 11.3. The van der Waals surface area contributed by atoms with Gasteiger partial charge in [0.15, 0.2) is 0 Å². The Balaban J connectivity index is 1.43. The van der Waals surface area contributed by atoms with E-state index < -0.39 is 11.9 Å². The van der Waals surface area contributed by atoms with Crippen molar-refractivity contribution in [1.29, 1.82) is 0 Å². The van der Waals surface area contributed by atoms with Crippen LogP contribution < -0.4 is 9.47 Å². The van der Waals surface area contributed by atoms with Crippen molar-refractivity contribution in [2.24, 2.45) is 0 Å². The van der Waals surface area contributed by atoms with Crippen LogP contribution in [0, 0.1) is 0 Å². The Hall–Kier alpha value is -4.84. The molecule has 0 bridgehead atoms. The fraction of sp³-hybridized carbons (Fsp3) is 0.200. The molecular weight excluding hydrogens is 516 g/mol. The highest BCUT2D eigenvalue weighted by Gasteiger charge is 2.42. The zero-order chi connectivity index (χ0) is 28.7. The molecule has 6 nitrogen and oxygen atoms in total. The molecule has 0 fully saturated rings. The van der Waals surface area contributed by atoms with Crippen molar-refractivity contribution in [3.05, 3.63) is 132 Å². The van der Waals surface area contributed by atoms with Crippen LogP contribution >= 0.6 is 0 Å². The number of ether oxygens (including phenoxy) is 4. The van der Waals surface area contributed by atoms with Crippen LogP contribution in [0.15, 0.2) is 110 Å². The van der Waals surface area contributed by atoms with Gasteiger partial charge in [-0.05, 0) is 76.2 Å². The van der Waals surface area contributed by atoms with Crippen molar-refractivity contribution in [3.63, 3.8) is 0 Å². The van der Waals surface area contributed by atoms with E-state index in [1.165, 1.54) is 33.0 Å². The first-order chi connectivity index (χ1) is 20.0. The fourth-order valence-electron chi connectivity index (χ4n) is 5.51. The van der Waals surface area contributed by atoms with Crippen molar-refractivity contribution < 1.29 is 28.5 Å². The number of benzene rings is 4. The summed E-state index contributed by atoms with van der Waals surface area (Å²) in [6.45, 7) is 7.62. The second-order valence-corrected chi connectivity index (χ2v) is 9.75. The summed E-state index contributed by atoms with van der Waals surface area (Å²) in [6, 6.07) is 29.4. The minimum absolute atomic E-state index is 0.155. The minimum Gasteiger partial charge on any atom is -0.490 e. The number of aryl methyl sites for hydroxylation is 1. The van der Waals surface area contributed by atoms with Crippen molar-refractivity contribution in [2.75, 3.05) is 26.4 Å². The Bertz CT molecular complexity index is 1480. The van der Waals surface area contributed by atoms with E-state index in [9.17, 15) is 9.59 Å². The van der Waals surface area contributed by atoms with E-state index in [0.717, 1.165) is 25.0 Å². The number of carbonyl (C=O) groups excluding carboxylic acids is 2. The van der Waals surface area contributed by atoms with Gasteiger partial charge in [-0.1, -0.05) is 67.8 Å². The molecule has 0 saturated carbocycles. The number of fused-ring (bicyclic) bond motifs is 2. The van der Waals surface area contributed by atoms with Crippen LogP contribution in [0.4, 0.5) is 0 Å². The number of esters is 2. The molecule has 5 rings (SSSR count). The second kappa shape index (κ2) is 12.6. The largest absolute Gasteiger partial charge is 0.490 e. The van der Waals surface area contributed by atoms with E-state index in [1.54, 1.807) is 0 Å². The Kier molecular flexibility index (Phi) is 8.49. The summed E-state index contributed by atoms with van der Waals surface area (Å²) in [7, 11) is 0. The summed E-state index contributed by atoms with van der Waals surface area (Å²) >= 11 is 0. The molecule has 0 amide bonds. The molecule has 1 aliphatic carbocycles. The molecule has 41 heavy (non-hydrogen) atoms. The summed E-state index contributed by atoms with van der Waals surface area (Å²) < 4.78 is 21.6. The number of hydrogen-bond donors (Lipinski definition) is 0. The zero-order valence-corrected chi connectivity index (χ0v) is 22.8. The second-order valence-electron chi connectivity index (χ2n) is 9.75. The lowest BCUT2D eigenvalue weighted by Crippen LogP contribution is -2.26. The maximum Gasteiger partial charge on any atom is 0.330 e. The van der Waals surface area contributed by atoms with Gasteiger partial charge in [0.25, 0.3) is 0 Å². The molecule has 4 aromatic rings. The predicted octanol–water partition coefficient (Wildman–Crippen LogP) is 6.34. The summed E-state index contributed by atoms with van der Waals surface area (Å²) in [5.74, 6) is 0.476. The molecule has 1 aliphatic rings.